The Balaban J connectivity index is 2.43. The standard InChI is InChI=1S/C20H25ClN2O3S/c1-5-15-9-7-8-14(3)19(15)22-20(24)18(6-2)23(27(4,25)26)17-12-10-16(21)11-13-17/h7-13,18H,5-6H2,1-4H3,(H,22,24)/t18-/m1/s1. The molecule has 146 valence electrons. The Bertz CT molecular complexity index is 911. The Hall–Kier alpha value is -2.05. The Morgan fingerprint density at radius 1 is 1.15 bits per heavy atom. The van der Waals surface area contributed by atoms with E-state index in [1.54, 1.807) is 31.2 Å². The highest BCUT2D eigenvalue weighted by Crippen LogP contribution is 2.26. The van der Waals surface area contributed by atoms with Gasteiger partial charge in [0.25, 0.3) is 0 Å². The van der Waals surface area contributed by atoms with E-state index < -0.39 is 16.1 Å². The lowest BCUT2D eigenvalue weighted by molar-refractivity contribution is -0.117. The third-order valence-electron chi connectivity index (χ3n) is 4.40. The maximum Gasteiger partial charge on any atom is 0.248 e. The van der Waals surface area contributed by atoms with Gasteiger partial charge in [0.1, 0.15) is 6.04 Å². The molecule has 2 rings (SSSR count). The number of benzene rings is 2. The summed E-state index contributed by atoms with van der Waals surface area (Å²) in [4.78, 5) is 13.0. The lowest BCUT2D eigenvalue weighted by atomic mass is 10.0. The number of amides is 1. The highest BCUT2D eigenvalue weighted by atomic mass is 35.5. The maximum absolute atomic E-state index is 13.0. The fraction of sp³-hybridized carbons (Fsp3) is 0.350. The second-order valence-electron chi connectivity index (χ2n) is 6.41. The van der Waals surface area contributed by atoms with Crippen LogP contribution < -0.4 is 9.62 Å². The van der Waals surface area contributed by atoms with Crippen LogP contribution in [-0.2, 0) is 21.2 Å². The van der Waals surface area contributed by atoms with Crippen LogP contribution in [0.25, 0.3) is 0 Å². The van der Waals surface area contributed by atoms with Crippen molar-refractivity contribution in [3.05, 3.63) is 58.6 Å². The molecular weight excluding hydrogens is 384 g/mol. The van der Waals surface area contributed by atoms with Crippen molar-refractivity contribution in [1.29, 1.82) is 0 Å². The van der Waals surface area contributed by atoms with E-state index in [0.717, 1.165) is 33.8 Å². The lowest BCUT2D eigenvalue weighted by Crippen LogP contribution is -2.47. The molecule has 0 spiro atoms. The molecule has 5 nitrogen and oxygen atoms in total. The molecule has 0 aromatic heterocycles. The number of rotatable bonds is 7. The van der Waals surface area contributed by atoms with E-state index in [0.29, 0.717) is 17.1 Å². The summed E-state index contributed by atoms with van der Waals surface area (Å²) in [5.41, 5.74) is 3.10. The minimum atomic E-state index is -3.68. The Morgan fingerprint density at radius 2 is 1.78 bits per heavy atom. The number of para-hydroxylation sites is 1. The Labute approximate surface area is 166 Å². The van der Waals surface area contributed by atoms with E-state index in [9.17, 15) is 13.2 Å². The summed E-state index contributed by atoms with van der Waals surface area (Å²) in [7, 11) is -3.68. The highest BCUT2D eigenvalue weighted by Gasteiger charge is 2.32. The van der Waals surface area contributed by atoms with Crippen LogP contribution in [0.4, 0.5) is 11.4 Å². The SMILES string of the molecule is CCc1cccc(C)c1NC(=O)[C@@H](CC)N(c1ccc(Cl)cc1)S(C)(=O)=O. The zero-order chi connectivity index (χ0) is 20.2. The van der Waals surface area contributed by atoms with Gasteiger partial charge in [-0.2, -0.15) is 0 Å². The fourth-order valence-electron chi connectivity index (χ4n) is 3.06. The number of sulfonamides is 1. The molecule has 0 saturated heterocycles. The van der Waals surface area contributed by atoms with Gasteiger partial charge in [-0.15, -0.1) is 0 Å². The van der Waals surface area contributed by atoms with Crippen molar-refractivity contribution in [2.24, 2.45) is 0 Å². The molecule has 0 aliphatic heterocycles. The number of nitrogens with one attached hydrogen (secondary N) is 1. The van der Waals surface area contributed by atoms with Gasteiger partial charge in [0, 0.05) is 10.7 Å². The van der Waals surface area contributed by atoms with Gasteiger partial charge >= 0.3 is 0 Å². The molecule has 2 aromatic carbocycles. The highest BCUT2D eigenvalue weighted by molar-refractivity contribution is 7.92. The van der Waals surface area contributed by atoms with E-state index in [1.165, 1.54) is 0 Å². The average Bonchev–Trinajstić information content (AvgIpc) is 2.61. The molecule has 0 heterocycles. The van der Waals surface area contributed by atoms with Crippen LogP contribution in [0, 0.1) is 6.92 Å². The molecule has 0 aliphatic rings. The molecular formula is C20H25ClN2O3S. The van der Waals surface area contributed by atoms with Crippen molar-refractivity contribution in [3.63, 3.8) is 0 Å². The van der Waals surface area contributed by atoms with Crippen LogP contribution >= 0.6 is 11.6 Å². The molecule has 0 fully saturated rings. The van der Waals surface area contributed by atoms with Crippen LogP contribution in [0.3, 0.4) is 0 Å². The van der Waals surface area contributed by atoms with Crippen molar-refractivity contribution >= 4 is 38.9 Å². The predicted octanol–water partition coefficient (Wildman–Crippen LogP) is 4.39. The lowest BCUT2D eigenvalue weighted by Gasteiger charge is -2.30. The van der Waals surface area contributed by atoms with Crippen LogP contribution in [0.1, 0.15) is 31.4 Å². The molecule has 2 aromatic rings. The molecule has 0 aliphatic carbocycles. The molecule has 1 amide bonds. The van der Waals surface area contributed by atoms with Gasteiger partial charge in [0.15, 0.2) is 0 Å². The molecule has 1 N–H and O–H groups in total. The Kier molecular flexibility index (Phi) is 6.89. The fourth-order valence-corrected chi connectivity index (χ4v) is 4.39. The number of hydrogen-bond donors (Lipinski definition) is 1. The number of carbonyl (C=O) groups is 1. The van der Waals surface area contributed by atoms with Crippen molar-refractivity contribution in [1.82, 2.24) is 0 Å². The van der Waals surface area contributed by atoms with E-state index in [2.05, 4.69) is 5.32 Å². The topological polar surface area (TPSA) is 66.5 Å². The third-order valence-corrected chi connectivity index (χ3v) is 5.83. The van der Waals surface area contributed by atoms with Crippen LogP contribution in [0.15, 0.2) is 42.5 Å². The van der Waals surface area contributed by atoms with Crippen LogP contribution in [0.5, 0.6) is 0 Å². The number of aryl methyl sites for hydroxylation is 2. The first-order valence-corrected chi connectivity index (χ1v) is 11.1. The summed E-state index contributed by atoms with van der Waals surface area (Å²) in [6.07, 6.45) is 2.19. The number of nitrogens with zero attached hydrogens (tertiary/aromatic N) is 1. The zero-order valence-corrected chi connectivity index (χ0v) is 17.6. The number of hydrogen-bond acceptors (Lipinski definition) is 3. The predicted molar refractivity (Wildman–Crippen MR) is 112 cm³/mol. The van der Waals surface area contributed by atoms with Gasteiger partial charge in [-0.3, -0.25) is 9.10 Å². The van der Waals surface area contributed by atoms with E-state index in [1.807, 2.05) is 32.0 Å². The maximum atomic E-state index is 13.0. The van der Waals surface area contributed by atoms with Crippen molar-refractivity contribution < 1.29 is 13.2 Å². The Morgan fingerprint density at radius 3 is 2.30 bits per heavy atom. The summed E-state index contributed by atoms with van der Waals surface area (Å²) < 4.78 is 26.1. The normalized spacial score (nSPS) is 12.5. The second kappa shape index (κ2) is 8.76. The average molecular weight is 409 g/mol. The van der Waals surface area contributed by atoms with E-state index >= 15 is 0 Å². The van der Waals surface area contributed by atoms with E-state index in [-0.39, 0.29) is 5.91 Å². The van der Waals surface area contributed by atoms with Crippen molar-refractivity contribution in [2.45, 2.75) is 39.7 Å². The summed E-state index contributed by atoms with van der Waals surface area (Å²) >= 11 is 5.92. The van der Waals surface area contributed by atoms with Gasteiger partial charge in [0.2, 0.25) is 15.9 Å². The van der Waals surface area contributed by atoms with Gasteiger partial charge in [-0.05, 0) is 55.2 Å². The third kappa shape index (κ3) is 5.02. The monoisotopic (exact) mass is 408 g/mol. The van der Waals surface area contributed by atoms with Gasteiger partial charge < -0.3 is 5.32 Å². The van der Waals surface area contributed by atoms with Gasteiger partial charge in [-0.1, -0.05) is 43.6 Å². The summed E-state index contributed by atoms with van der Waals surface area (Å²) in [5.74, 6) is -0.359. The molecule has 0 saturated carbocycles. The van der Waals surface area contributed by atoms with Crippen LogP contribution in [-0.4, -0.2) is 26.6 Å². The smallest absolute Gasteiger partial charge is 0.248 e. The first kappa shape index (κ1) is 21.3. The molecule has 0 bridgehead atoms. The summed E-state index contributed by atoms with van der Waals surface area (Å²) in [6.45, 7) is 5.72. The first-order valence-electron chi connectivity index (χ1n) is 8.83. The number of halogens is 1. The number of carbonyl (C=O) groups excluding carboxylic acids is 1. The number of anilines is 2. The second-order valence-corrected chi connectivity index (χ2v) is 8.71. The summed E-state index contributed by atoms with van der Waals surface area (Å²) in [5, 5.41) is 3.44. The van der Waals surface area contributed by atoms with E-state index in [4.69, 9.17) is 11.6 Å². The van der Waals surface area contributed by atoms with Crippen molar-refractivity contribution in [3.8, 4) is 0 Å². The summed E-state index contributed by atoms with van der Waals surface area (Å²) in [6, 6.07) is 11.4. The molecule has 27 heavy (non-hydrogen) atoms. The zero-order valence-electron chi connectivity index (χ0n) is 16.0. The minimum absolute atomic E-state index is 0.328. The minimum Gasteiger partial charge on any atom is -0.324 e. The largest absolute Gasteiger partial charge is 0.324 e. The first-order chi connectivity index (χ1) is 12.7. The van der Waals surface area contributed by atoms with Gasteiger partial charge in [0.05, 0.1) is 11.9 Å². The quantitative estimate of drug-likeness (QED) is 0.738. The van der Waals surface area contributed by atoms with Crippen LogP contribution in [0.2, 0.25) is 5.02 Å². The molecule has 0 unspecified atom stereocenters. The molecule has 1 atom stereocenters. The molecule has 7 heteroatoms. The van der Waals surface area contributed by atoms with Crippen molar-refractivity contribution in [2.75, 3.05) is 15.9 Å². The molecule has 0 radical (unpaired) electrons. The van der Waals surface area contributed by atoms with Gasteiger partial charge in [-0.25, -0.2) is 8.42 Å².